The summed E-state index contributed by atoms with van der Waals surface area (Å²) in [5.41, 5.74) is 5.56. The normalized spacial score (nSPS) is 21.9. The molecule has 1 aliphatic rings. The Morgan fingerprint density at radius 1 is 1.18 bits per heavy atom. The maximum atomic E-state index is 12.7. The second-order valence-electron chi connectivity index (χ2n) is 7.40. The van der Waals surface area contributed by atoms with Gasteiger partial charge >= 0.3 is 5.97 Å². The van der Waals surface area contributed by atoms with Crippen LogP contribution in [0, 0.1) is 5.92 Å². The number of hydrogen-bond donors (Lipinski definition) is 5. The van der Waals surface area contributed by atoms with Gasteiger partial charge in [0.1, 0.15) is 24.2 Å². The van der Waals surface area contributed by atoms with E-state index in [1.54, 1.807) is 6.92 Å². The molecule has 1 saturated heterocycles. The quantitative estimate of drug-likeness (QED) is 0.325. The molecule has 1 rings (SSSR count). The zero-order valence-corrected chi connectivity index (χ0v) is 16.8. The van der Waals surface area contributed by atoms with Gasteiger partial charge in [-0.2, -0.15) is 0 Å². The van der Waals surface area contributed by atoms with Crippen LogP contribution in [0.3, 0.4) is 0 Å². The van der Waals surface area contributed by atoms with Crippen molar-refractivity contribution in [1.82, 2.24) is 15.5 Å². The van der Waals surface area contributed by atoms with Crippen molar-refractivity contribution in [2.45, 2.75) is 77.2 Å². The minimum atomic E-state index is -1.17. The van der Waals surface area contributed by atoms with Crippen molar-refractivity contribution >= 4 is 23.7 Å². The van der Waals surface area contributed by atoms with Gasteiger partial charge in [-0.1, -0.05) is 20.3 Å². The van der Waals surface area contributed by atoms with E-state index in [0.717, 1.165) is 0 Å². The number of hydrogen-bond acceptors (Lipinski definition) is 6. The molecule has 0 aliphatic carbocycles. The van der Waals surface area contributed by atoms with Gasteiger partial charge in [0.2, 0.25) is 17.7 Å². The number of carboxylic acid groups (broad SMARTS) is 1. The van der Waals surface area contributed by atoms with Crippen LogP contribution in [0.5, 0.6) is 0 Å². The Balaban J connectivity index is 2.79. The first kappa shape index (κ1) is 23.8. The Kier molecular flexibility index (Phi) is 8.83. The van der Waals surface area contributed by atoms with Crippen molar-refractivity contribution in [3.05, 3.63) is 0 Å². The Labute approximate surface area is 164 Å². The standard InChI is InChI=1S/C18H32N4O6/c1-5-9(2)14(18(27)28)21-15(24)12-7-6-8-22(12)17(26)10(3)20-16(25)13(19)11(4)23/h9-14,23H,5-8,19H2,1-4H3,(H,20,25)(H,21,24)(H,27,28). The number of amides is 3. The summed E-state index contributed by atoms with van der Waals surface area (Å²) in [6, 6.07) is -3.92. The number of carbonyl (C=O) groups excluding carboxylic acids is 3. The fourth-order valence-corrected chi connectivity index (χ4v) is 3.07. The van der Waals surface area contributed by atoms with E-state index in [0.29, 0.717) is 25.8 Å². The zero-order chi connectivity index (χ0) is 21.6. The monoisotopic (exact) mass is 400 g/mol. The van der Waals surface area contributed by atoms with Crippen LogP contribution in [-0.2, 0) is 19.2 Å². The predicted molar refractivity (Wildman–Crippen MR) is 101 cm³/mol. The van der Waals surface area contributed by atoms with Crippen LogP contribution >= 0.6 is 0 Å². The molecule has 0 aromatic heterocycles. The van der Waals surface area contributed by atoms with E-state index in [-0.39, 0.29) is 5.92 Å². The lowest BCUT2D eigenvalue weighted by molar-refractivity contribution is -0.146. The first-order chi connectivity index (χ1) is 13.0. The third-order valence-electron chi connectivity index (χ3n) is 5.17. The lowest BCUT2D eigenvalue weighted by Crippen LogP contribution is -2.57. The molecule has 1 aliphatic heterocycles. The summed E-state index contributed by atoms with van der Waals surface area (Å²) in [6.45, 7) is 6.75. The largest absolute Gasteiger partial charge is 0.480 e. The van der Waals surface area contributed by atoms with Crippen LogP contribution in [0.4, 0.5) is 0 Å². The summed E-state index contributed by atoms with van der Waals surface area (Å²) >= 11 is 0. The molecular weight excluding hydrogens is 368 g/mol. The van der Waals surface area contributed by atoms with E-state index in [2.05, 4.69) is 10.6 Å². The molecule has 28 heavy (non-hydrogen) atoms. The molecular formula is C18H32N4O6. The van der Waals surface area contributed by atoms with E-state index < -0.39 is 54.0 Å². The van der Waals surface area contributed by atoms with Crippen molar-refractivity contribution in [2.75, 3.05) is 6.54 Å². The van der Waals surface area contributed by atoms with E-state index in [9.17, 15) is 29.4 Å². The van der Waals surface area contributed by atoms with E-state index in [1.165, 1.54) is 18.7 Å². The molecule has 6 N–H and O–H groups in total. The zero-order valence-electron chi connectivity index (χ0n) is 16.8. The van der Waals surface area contributed by atoms with Crippen LogP contribution in [0.15, 0.2) is 0 Å². The molecule has 160 valence electrons. The number of carbonyl (C=O) groups is 4. The number of likely N-dealkylation sites (tertiary alicyclic amines) is 1. The Hall–Kier alpha value is -2.20. The van der Waals surface area contributed by atoms with Gasteiger partial charge < -0.3 is 31.5 Å². The lowest BCUT2D eigenvalue weighted by Gasteiger charge is -2.29. The number of nitrogens with zero attached hydrogens (tertiary/aromatic N) is 1. The van der Waals surface area contributed by atoms with Crippen molar-refractivity contribution < 1.29 is 29.4 Å². The first-order valence-electron chi connectivity index (χ1n) is 9.58. The Morgan fingerprint density at radius 2 is 1.79 bits per heavy atom. The first-order valence-corrected chi connectivity index (χ1v) is 9.58. The van der Waals surface area contributed by atoms with Gasteiger partial charge in [-0.3, -0.25) is 14.4 Å². The third-order valence-corrected chi connectivity index (χ3v) is 5.17. The fraction of sp³-hybridized carbons (Fsp3) is 0.778. The highest BCUT2D eigenvalue weighted by molar-refractivity contribution is 5.94. The van der Waals surface area contributed by atoms with Gasteiger partial charge in [0.05, 0.1) is 6.10 Å². The number of rotatable bonds is 9. The summed E-state index contributed by atoms with van der Waals surface area (Å²) in [7, 11) is 0. The second kappa shape index (κ2) is 10.4. The highest BCUT2D eigenvalue weighted by Crippen LogP contribution is 2.19. The molecule has 1 fully saturated rings. The number of aliphatic hydroxyl groups is 1. The van der Waals surface area contributed by atoms with E-state index in [1.807, 2.05) is 6.92 Å². The average Bonchev–Trinajstić information content (AvgIpc) is 3.13. The van der Waals surface area contributed by atoms with Crippen molar-refractivity contribution in [1.29, 1.82) is 0 Å². The minimum Gasteiger partial charge on any atom is -0.480 e. The number of nitrogens with two attached hydrogens (primary N) is 1. The molecule has 10 nitrogen and oxygen atoms in total. The Morgan fingerprint density at radius 3 is 2.29 bits per heavy atom. The van der Waals surface area contributed by atoms with Crippen LogP contribution in [-0.4, -0.2) is 75.6 Å². The van der Waals surface area contributed by atoms with Crippen molar-refractivity contribution in [2.24, 2.45) is 11.7 Å². The fourth-order valence-electron chi connectivity index (χ4n) is 3.07. The lowest BCUT2D eigenvalue weighted by atomic mass is 9.98. The molecule has 0 radical (unpaired) electrons. The molecule has 0 bridgehead atoms. The molecule has 6 atom stereocenters. The van der Waals surface area contributed by atoms with Gasteiger partial charge in [-0.15, -0.1) is 0 Å². The summed E-state index contributed by atoms with van der Waals surface area (Å²) in [4.78, 5) is 50.1. The van der Waals surface area contributed by atoms with Crippen LogP contribution < -0.4 is 16.4 Å². The van der Waals surface area contributed by atoms with Crippen LogP contribution in [0.2, 0.25) is 0 Å². The van der Waals surface area contributed by atoms with Gasteiger partial charge in [0.25, 0.3) is 0 Å². The number of carboxylic acids is 1. The topological polar surface area (TPSA) is 162 Å². The van der Waals surface area contributed by atoms with Gasteiger partial charge in [0.15, 0.2) is 0 Å². The van der Waals surface area contributed by atoms with E-state index in [4.69, 9.17) is 5.73 Å². The highest BCUT2D eigenvalue weighted by Gasteiger charge is 2.38. The molecule has 1 heterocycles. The summed E-state index contributed by atoms with van der Waals surface area (Å²) in [5.74, 6) is -3.02. The smallest absolute Gasteiger partial charge is 0.326 e. The van der Waals surface area contributed by atoms with Crippen molar-refractivity contribution in [3.8, 4) is 0 Å². The van der Waals surface area contributed by atoms with Gasteiger partial charge in [-0.05, 0) is 32.6 Å². The van der Waals surface area contributed by atoms with Gasteiger partial charge in [-0.25, -0.2) is 4.79 Å². The minimum absolute atomic E-state index is 0.257. The number of aliphatic hydroxyl groups excluding tert-OH is 1. The maximum absolute atomic E-state index is 12.7. The highest BCUT2D eigenvalue weighted by atomic mass is 16.4. The predicted octanol–water partition coefficient (Wildman–Crippen LogP) is -1.19. The molecule has 0 spiro atoms. The average molecular weight is 400 g/mol. The molecule has 0 aromatic rings. The summed E-state index contributed by atoms with van der Waals surface area (Å²) in [6.07, 6.45) is 0.523. The Bertz CT molecular complexity index is 597. The summed E-state index contributed by atoms with van der Waals surface area (Å²) < 4.78 is 0. The number of aliphatic carboxylic acids is 1. The summed E-state index contributed by atoms with van der Waals surface area (Å²) in [5, 5.41) is 23.7. The van der Waals surface area contributed by atoms with Gasteiger partial charge in [0, 0.05) is 6.54 Å². The SMILES string of the molecule is CCC(C)C(NC(=O)C1CCCN1C(=O)C(C)NC(=O)C(N)C(C)O)C(=O)O. The maximum Gasteiger partial charge on any atom is 0.326 e. The molecule has 0 saturated carbocycles. The second-order valence-corrected chi connectivity index (χ2v) is 7.40. The molecule has 0 aromatic carbocycles. The van der Waals surface area contributed by atoms with Crippen LogP contribution in [0.1, 0.15) is 47.0 Å². The molecule has 10 heteroatoms. The van der Waals surface area contributed by atoms with E-state index >= 15 is 0 Å². The number of nitrogens with one attached hydrogen (secondary N) is 2. The van der Waals surface area contributed by atoms with Crippen LogP contribution in [0.25, 0.3) is 0 Å². The van der Waals surface area contributed by atoms with Crippen molar-refractivity contribution in [3.63, 3.8) is 0 Å². The third kappa shape index (κ3) is 5.90. The molecule has 6 unspecified atom stereocenters. The molecule has 3 amide bonds.